The first kappa shape index (κ1) is 25.4. The van der Waals surface area contributed by atoms with Crippen molar-refractivity contribution in [1.82, 2.24) is 0 Å². The standard InChI is InChI=1S/C25H27F7O/c1-2-3-16-4-6-17(7-5-16)8-9-18-10-12-19(13-11-18)25(31,32)33-20-14-21(26)23(22(27)15-20)24(28,29)30/h10-17H,2-9H2,1H3/t16-,17-. The number of hydrogen-bond donors (Lipinski definition) is 0. The third kappa shape index (κ3) is 6.64. The van der Waals surface area contributed by atoms with E-state index in [0.717, 1.165) is 36.5 Å². The molecule has 8 heteroatoms. The van der Waals surface area contributed by atoms with Crippen LogP contribution in [0.5, 0.6) is 5.75 Å². The lowest BCUT2D eigenvalue weighted by molar-refractivity contribution is -0.185. The fourth-order valence-electron chi connectivity index (χ4n) is 4.54. The smallest absolute Gasteiger partial charge is 0.426 e. The summed E-state index contributed by atoms with van der Waals surface area (Å²) in [4.78, 5) is 0. The van der Waals surface area contributed by atoms with Gasteiger partial charge in [0.05, 0.1) is 5.56 Å². The summed E-state index contributed by atoms with van der Waals surface area (Å²) in [5.74, 6) is -3.63. The molecule has 0 spiro atoms. The van der Waals surface area contributed by atoms with E-state index >= 15 is 0 Å². The lowest BCUT2D eigenvalue weighted by atomic mass is 9.78. The topological polar surface area (TPSA) is 9.23 Å². The predicted molar refractivity (Wildman–Crippen MR) is 111 cm³/mol. The van der Waals surface area contributed by atoms with Crippen LogP contribution in [0.4, 0.5) is 30.7 Å². The maximum absolute atomic E-state index is 14.5. The van der Waals surface area contributed by atoms with Gasteiger partial charge in [-0.05, 0) is 42.4 Å². The molecule has 0 aromatic heterocycles. The SMILES string of the molecule is CCC[C@H]1CC[C@H](CCc2ccc(C(F)(F)Oc3cc(F)c(C(F)(F)F)c(F)c3)cc2)CC1. The Balaban J connectivity index is 1.60. The maximum Gasteiger partial charge on any atom is 0.426 e. The number of hydrogen-bond acceptors (Lipinski definition) is 1. The second kappa shape index (κ2) is 10.3. The molecule has 0 atom stereocenters. The summed E-state index contributed by atoms with van der Waals surface area (Å²) in [5.41, 5.74) is -1.83. The zero-order valence-electron chi connectivity index (χ0n) is 18.3. The summed E-state index contributed by atoms with van der Waals surface area (Å²) >= 11 is 0. The second-order valence-electron chi connectivity index (χ2n) is 8.79. The van der Waals surface area contributed by atoms with Crippen molar-refractivity contribution >= 4 is 0 Å². The Morgan fingerprint density at radius 2 is 1.33 bits per heavy atom. The average Bonchev–Trinajstić information content (AvgIpc) is 2.72. The molecule has 1 nitrogen and oxygen atoms in total. The van der Waals surface area contributed by atoms with E-state index in [1.807, 2.05) is 0 Å². The van der Waals surface area contributed by atoms with Gasteiger partial charge in [-0.15, -0.1) is 0 Å². The van der Waals surface area contributed by atoms with Crippen molar-refractivity contribution in [2.45, 2.75) is 70.6 Å². The Kier molecular flexibility index (Phi) is 7.96. The molecule has 1 aliphatic carbocycles. The zero-order chi connectivity index (χ0) is 24.2. The Morgan fingerprint density at radius 1 is 0.818 bits per heavy atom. The molecule has 3 rings (SSSR count). The van der Waals surface area contributed by atoms with Gasteiger partial charge >= 0.3 is 12.3 Å². The largest absolute Gasteiger partial charge is 0.429 e. The van der Waals surface area contributed by atoms with Crippen LogP contribution in [0.1, 0.15) is 68.6 Å². The van der Waals surface area contributed by atoms with E-state index in [0.29, 0.717) is 5.92 Å². The van der Waals surface area contributed by atoms with Gasteiger partial charge in [0, 0.05) is 12.1 Å². The van der Waals surface area contributed by atoms with E-state index in [1.54, 1.807) is 12.1 Å². The van der Waals surface area contributed by atoms with Crippen LogP contribution in [-0.2, 0) is 18.7 Å². The average molecular weight is 476 g/mol. The monoisotopic (exact) mass is 476 g/mol. The van der Waals surface area contributed by atoms with Crippen molar-refractivity contribution in [2.24, 2.45) is 11.8 Å². The van der Waals surface area contributed by atoms with Gasteiger partial charge in [0.15, 0.2) is 0 Å². The Hall–Kier alpha value is -2.25. The first-order chi connectivity index (χ1) is 15.5. The molecule has 0 amide bonds. The molecule has 0 N–H and O–H groups in total. The molecule has 1 saturated carbocycles. The summed E-state index contributed by atoms with van der Waals surface area (Å²) in [6.07, 6.45) is -0.188. The summed E-state index contributed by atoms with van der Waals surface area (Å²) in [7, 11) is 0. The van der Waals surface area contributed by atoms with E-state index in [4.69, 9.17) is 0 Å². The Bertz CT molecular complexity index is 890. The predicted octanol–water partition coefficient (Wildman–Crippen LogP) is 8.65. The third-order valence-electron chi connectivity index (χ3n) is 6.34. The highest BCUT2D eigenvalue weighted by molar-refractivity contribution is 5.33. The first-order valence-corrected chi connectivity index (χ1v) is 11.2. The minimum Gasteiger partial charge on any atom is -0.429 e. The Morgan fingerprint density at radius 3 is 1.82 bits per heavy atom. The highest BCUT2D eigenvalue weighted by Gasteiger charge is 2.40. The first-order valence-electron chi connectivity index (χ1n) is 11.2. The van der Waals surface area contributed by atoms with Crippen LogP contribution in [0, 0.1) is 23.5 Å². The highest BCUT2D eigenvalue weighted by atomic mass is 19.4. The summed E-state index contributed by atoms with van der Waals surface area (Å²) < 4.78 is 98.5. The summed E-state index contributed by atoms with van der Waals surface area (Å²) in [6.45, 7) is 2.20. The van der Waals surface area contributed by atoms with Crippen molar-refractivity contribution in [2.75, 3.05) is 0 Å². The van der Waals surface area contributed by atoms with Gasteiger partial charge in [-0.25, -0.2) is 8.78 Å². The molecule has 2 aromatic rings. The van der Waals surface area contributed by atoms with Crippen LogP contribution in [0.3, 0.4) is 0 Å². The second-order valence-corrected chi connectivity index (χ2v) is 8.79. The van der Waals surface area contributed by atoms with Gasteiger partial charge in [0.2, 0.25) is 0 Å². The van der Waals surface area contributed by atoms with E-state index in [2.05, 4.69) is 11.7 Å². The van der Waals surface area contributed by atoms with Gasteiger partial charge in [-0.2, -0.15) is 22.0 Å². The molecule has 0 bridgehead atoms. The van der Waals surface area contributed by atoms with Gasteiger partial charge in [0.1, 0.15) is 22.9 Å². The number of alkyl halides is 5. The molecular formula is C25H27F7O. The van der Waals surface area contributed by atoms with E-state index in [1.165, 1.54) is 38.5 Å². The van der Waals surface area contributed by atoms with Gasteiger partial charge in [-0.1, -0.05) is 57.6 Å². The zero-order valence-corrected chi connectivity index (χ0v) is 18.3. The van der Waals surface area contributed by atoms with Crippen LogP contribution in [0.2, 0.25) is 0 Å². The summed E-state index contributed by atoms with van der Waals surface area (Å²) in [6, 6.07) is 5.61. The van der Waals surface area contributed by atoms with Crippen molar-refractivity contribution in [3.05, 3.63) is 64.7 Å². The summed E-state index contributed by atoms with van der Waals surface area (Å²) in [5, 5.41) is 0. The maximum atomic E-state index is 14.5. The minimum absolute atomic E-state index is 0.101. The number of benzene rings is 2. The van der Waals surface area contributed by atoms with Crippen molar-refractivity contribution in [3.63, 3.8) is 0 Å². The van der Waals surface area contributed by atoms with E-state index in [-0.39, 0.29) is 12.1 Å². The molecule has 0 radical (unpaired) electrons. The number of halogens is 7. The fraction of sp³-hybridized carbons (Fsp3) is 0.520. The number of ether oxygens (including phenoxy) is 1. The van der Waals surface area contributed by atoms with Gasteiger partial charge in [-0.3, -0.25) is 0 Å². The van der Waals surface area contributed by atoms with Crippen LogP contribution < -0.4 is 4.74 Å². The molecule has 33 heavy (non-hydrogen) atoms. The minimum atomic E-state index is -5.29. The molecule has 0 saturated heterocycles. The van der Waals surface area contributed by atoms with Gasteiger partial charge in [0.25, 0.3) is 0 Å². The van der Waals surface area contributed by atoms with E-state index in [9.17, 15) is 30.7 Å². The van der Waals surface area contributed by atoms with Crippen LogP contribution in [0.25, 0.3) is 0 Å². The number of aryl methyl sites for hydroxylation is 1. The molecule has 0 aliphatic heterocycles. The lowest BCUT2D eigenvalue weighted by Crippen LogP contribution is -2.22. The lowest BCUT2D eigenvalue weighted by Gasteiger charge is -2.28. The third-order valence-corrected chi connectivity index (χ3v) is 6.34. The van der Waals surface area contributed by atoms with Crippen molar-refractivity contribution < 1.29 is 35.5 Å². The molecule has 0 heterocycles. The van der Waals surface area contributed by atoms with Crippen LogP contribution in [-0.4, -0.2) is 0 Å². The van der Waals surface area contributed by atoms with Crippen molar-refractivity contribution in [3.8, 4) is 5.75 Å². The van der Waals surface area contributed by atoms with Crippen LogP contribution >= 0.6 is 0 Å². The molecule has 1 aliphatic rings. The van der Waals surface area contributed by atoms with Crippen LogP contribution in [0.15, 0.2) is 36.4 Å². The highest BCUT2D eigenvalue weighted by Crippen LogP contribution is 2.38. The Labute approximate surface area is 188 Å². The fourth-order valence-corrected chi connectivity index (χ4v) is 4.54. The van der Waals surface area contributed by atoms with Crippen molar-refractivity contribution in [1.29, 1.82) is 0 Å². The molecule has 182 valence electrons. The van der Waals surface area contributed by atoms with Gasteiger partial charge < -0.3 is 4.74 Å². The normalized spacial score (nSPS) is 19.5. The number of rotatable bonds is 8. The molecule has 2 aromatic carbocycles. The molecule has 0 unspecified atom stereocenters. The van der Waals surface area contributed by atoms with E-state index < -0.39 is 40.8 Å². The quantitative estimate of drug-likeness (QED) is 0.347. The molecular weight excluding hydrogens is 449 g/mol. The molecule has 1 fully saturated rings.